The van der Waals surface area contributed by atoms with Crippen molar-refractivity contribution in [1.29, 1.82) is 0 Å². The lowest BCUT2D eigenvalue weighted by Crippen LogP contribution is -2.38. The van der Waals surface area contributed by atoms with Gasteiger partial charge in [0.05, 0.1) is 5.75 Å². The lowest BCUT2D eigenvalue weighted by atomic mass is 10.2. The zero-order valence-electron chi connectivity index (χ0n) is 14.4. The largest absolute Gasteiger partial charge is 0.357 e. The Balaban J connectivity index is 0. The molecular formula is C14H33IN4O2S. The van der Waals surface area contributed by atoms with E-state index in [1.54, 1.807) is 14.0 Å². The second-order valence-electron chi connectivity index (χ2n) is 4.97. The van der Waals surface area contributed by atoms with E-state index < -0.39 is 10.0 Å². The zero-order chi connectivity index (χ0) is 16.1. The van der Waals surface area contributed by atoms with Crippen LogP contribution in [0.25, 0.3) is 0 Å². The smallest absolute Gasteiger partial charge is 0.213 e. The molecule has 0 heterocycles. The summed E-state index contributed by atoms with van der Waals surface area (Å²) in [5.41, 5.74) is 0. The number of sulfonamides is 1. The minimum absolute atomic E-state index is 0. The highest BCUT2D eigenvalue weighted by atomic mass is 127. The van der Waals surface area contributed by atoms with Crippen molar-refractivity contribution >= 4 is 40.0 Å². The molecule has 0 spiro atoms. The summed E-state index contributed by atoms with van der Waals surface area (Å²) in [7, 11) is -1.45. The Kier molecular flexibility index (Phi) is 15.9. The van der Waals surface area contributed by atoms with Crippen LogP contribution in [0.1, 0.15) is 46.5 Å². The van der Waals surface area contributed by atoms with Crippen LogP contribution < -0.4 is 10.6 Å². The molecule has 0 rings (SSSR count). The molecule has 2 N–H and O–H groups in total. The van der Waals surface area contributed by atoms with E-state index in [1.165, 1.54) is 17.1 Å². The highest BCUT2D eigenvalue weighted by molar-refractivity contribution is 14.0. The molecule has 0 atom stereocenters. The monoisotopic (exact) mass is 448 g/mol. The zero-order valence-corrected chi connectivity index (χ0v) is 17.5. The van der Waals surface area contributed by atoms with Gasteiger partial charge in [-0.3, -0.25) is 4.99 Å². The summed E-state index contributed by atoms with van der Waals surface area (Å²) in [5.74, 6) is 0.962. The maximum absolute atomic E-state index is 11.6. The van der Waals surface area contributed by atoms with Crippen LogP contribution in [0.2, 0.25) is 0 Å². The van der Waals surface area contributed by atoms with E-state index in [0.717, 1.165) is 31.9 Å². The number of hydrogen-bond acceptors (Lipinski definition) is 3. The molecule has 0 aromatic heterocycles. The normalized spacial score (nSPS) is 12.1. The number of unbranched alkanes of at least 4 members (excludes halogenated alkanes) is 2. The maximum atomic E-state index is 11.6. The fraction of sp³-hybridized carbons (Fsp3) is 0.929. The predicted octanol–water partition coefficient (Wildman–Crippen LogP) is 2.02. The number of guanidine groups is 1. The second-order valence-corrected chi connectivity index (χ2v) is 7.33. The van der Waals surface area contributed by atoms with Crippen molar-refractivity contribution in [3.63, 3.8) is 0 Å². The number of aliphatic imine (C=N–C) groups is 1. The molecule has 0 aliphatic heterocycles. The van der Waals surface area contributed by atoms with Gasteiger partial charge in [-0.2, -0.15) is 0 Å². The van der Waals surface area contributed by atoms with E-state index in [-0.39, 0.29) is 29.7 Å². The maximum Gasteiger partial charge on any atom is 0.213 e. The topological polar surface area (TPSA) is 73.8 Å². The van der Waals surface area contributed by atoms with Crippen LogP contribution in [0.4, 0.5) is 0 Å². The Morgan fingerprint density at radius 3 is 2.32 bits per heavy atom. The fourth-order valence-corrected chi connectivity index (χ4v) is 2.62. The third-order valence-corrected chi connectivity index (χ3v) is 5.02. The molecule has 0 unspecified atom stereocenters. The molecule has 0 aromatic carbocycles. The summed E-state index contributed by atoms with van der Waals surface area (Å²) in [4.78, 5) is 4.46. The molecule has 0 bridgehead atoms. The summed E-state index contributed by atoms with van der Waals surface area (Å²) in [6, 6.07) is 0. The van der Waals surface area contributed by atoms with Crippen molar-refractivity contribution < 1.29 is 8.42 Å². The third-order valence-electron chi connectivity index (χ3n) is 3.16. The van der Waals surface area contributed by atoms with Crippen molar-refractivity contribution in [2.45, 2.75) is 46.5 Å². The van der Waals surface area contributed by atoms with Gasteiger partial charge in [-0.15, -0.1) is 24.0 Å². The standard InChI is InChI=1S/C14H32N4O2S.HI/c1-5-8-9-11-16-14(15-6-2)17-12-10-13-18(4)21(19,20)7-3;/h5-13H2,1-4H3,(H2,15,16,17);1H. The molecule has 0 saturated carbocycles. The highest BCUT2D eigenvalue weighted by Crippen LogP contribution is 1.99. The van der Waals surface area contributed by atoms with E-state index in [2.05, 4.69) is 22.5 Å². The van der Waals surface area contributed by atoms with Crippen molar-refractivity contribution in [3.8, 4) is 0 Å². The Morgan fingerprint density at radius 2 is 1.77 bits per heavy atom. The van der Waals surface area contributed by atoms with Crippen LogP contribution in [0.15, 0.2) is 4.99 Å². The minimum atomic E-state index is -3.08. The van der Waals surface area contributed by atoms with Gasteiger partial charge in [-0.1, -0.05) is 19.8 Å². The van der Waals surface area contributed by atoms with Crippen LogP contribution in [0.5, 0.6) is 0 Å². The van der Waals surface area contributed by atoms with Gasteiger partial charge in [0.1, 0.15) is 0 Å². The molecule has 0 aliphatic rings. The van der Waals surface area contributed by atoms with Crippen LogP contribution in [0, 0.1) is 0 Å². The predicted molar refractivity (Wildman–Crippen MR) is 106 cm³/mol. The van der Waals surface area contributed by atoms with Crippen molar-refractivity contribution in [3.05, 3.63) is 0 Å². The molecule has 134 valence electrons. The number of nitrogens with zero attached hydrogens (tertiary/aromatic N) is 2. The molecule has 22 heavy (non-hydrogen) atoms. The number of hydrogen-bond donors (Lipinski definition) is 2. The van der Waals surface area contributed by atoms with Gasteiger partial charge in [-0.25, -0.2) is 12.7 Å². The molecule has 0 fully saturated rings. The molecule has 0 aliphatic carbocycles. The van der Waals surface area contributed by atoms with E-state index in [4.69, 9.17) is 0 Å². The molecule has 6 nitrogen and oxygen atoms in total. The van der Waals surface area contributed by atoms with E-state index in [1.807, 2.05) is 6.92 Å². The Morgan fingerprint density at radius 1 is 1.09 bits per heavy atom. The summed E-state index contributed by atoms with van der Waals surface area (Å²) >= 11 is 0. The average Bonchev–Trinajstić information content (AvgIpc) is 2.47. The first-order valence-electron chi connectivity index (χ1n) is 7.94. The van der Waals surface area contributed by atoms with E-state index in [9.17, 15) is 8.42 Å². The first kappa shape index (κ1) is 24.2. The number of rotatable bonds is 11. The third kappa shape index (κ3) is 11.5. The molecule has 0 aromatic rings. The first-order valence-corrected chi connectivity index (χ1v) is 9.55. The number of halogens is 1. The molecule has 0 saturated heterocycles. The number of nitrogens with one attached hydrogen (secondary N) is 2. The summed E-state index contributed by atoms with van der Waals surface area (Å²) in [6.45, 7) is 8.74. The summed E-state index contributed by atoms with van der Waals surface area (Å²) < 4.78 is 24.6. The van der Waals surface area contributed by atoms with Gasteiger partial charge in [0.25, 0.3) is 0 Å². The van der Waals surface area contributed by atoms with Gasteiger partial charge in [0.2, 0.25) is 10.0 Å². The highest BCUT2D eigenvalue weighted by Gasteiger charge is 2.13. The average molecular weight is 448 g/mol. The Labute approximate surface area is 153 Å². The lowest BCUT2D eigenvalue weighted by molar-refractivity contribution is 0.464. The molecule has 0 amide bonds. The Bertz CT molecular complexity index is 388. The van der Waals surface area contributed by atoms with E-state index >= 15 is 0 Å². The molecule has 8 heteroatoms. The summed E-state index contributed by atoms with van der Waals surface area (Å²) in [5, 5.41) is 6.49. The van der Waals surface area contributed by atoms with Gasteiger partial charge < -0.3 is 10.6 Å². The van der Waals surface area contributed by atoms with E-state index in [0.29, 0.717) is 13.1 Å². The first-order chi connectivity index (χ1) is 9.97. The van der Waals surface area contributed by atoms with Gasteiger partial charge in [-0.05, 0) is 26.7 Å². The van der Waals surface area contributed by atoms with Gasteiger partial charge >= 0.3 is 0 Å². The molecule has 0 radical (unpaired) electrons. The fourth-order valence-electron chi connectivity index (χ4n) is 1.77. The minimum Gasteiger partial charge on any atom is -0.357 e. The van der Waals surface area contributed by atoms with Crippen molar-refractivity contribution in [2.75, 3.05) is 39.0 Å². The van der Waals surface area contributed by atoms with Gasteiger partial charge in [0, 0.05) is 33.2 Å². The lowest BCUT2D eigenvalue weighted by Gasteiger charge is -2.15. The van der Waals surface area contributed by atoms with Gasteiger partial charge in [0.15, 0.2) is 5.96 Å². The van der Waals surface area contributed by atoms with Crippen LogP contribution >= 0.6 is 24.0 Å². The van der Waals surface area contributed by atoms with Crippen LogP contribution in [-0.2, 0) is 10.0 Å². The van der Waals surface area contributed by atoms with Crippen molar-refractivity contribution in [2.24, 2.45) is 4.99 Å². The summed E-state index contributed by atoms with van der Waals surface area (Å²) in [6.07, 6.45) is 4.28. The van der Waals surface area contributed by atoms with Crippen molar-refractivity contribution in [1.82, 2.24) is 14.9 Å². The quantitative estimate of drug-likeness (QED) is 0.220. The van der Waals surface area contributed by atoms with Crippen LogP contribution in [0.3, 0.4) is 0 Å². The SMILES string of the molecule is CCCCCNC(=NCCCN(C)S(=O)(=O)CC)NCC.I. The second kappa shape index (κ2) is 14.5. The van der Waals surface area contributed by atoms with Crippen LogP contribution in [-0.4, -0.2) is 57.7 Å². The molecular weight excluding hydrogens is 415 g/mol. The Hall–Kier alpha value is -0.0900.